The highest BCUT2D eigenvalue weighted by Gasteiger charge is 2.16. The molecule has 2 aromatic carbocycles. The highest BCUT2D eigenvalue weighted by Crippen LogP contribution is 2.35. The van der Waals surface area contributed by atoms with Crippen LogP contribution in [0.15, 0.2) is 59.4 Å². The summed E-state index contributed by atoms with van der Waals surface area (Å²) < 4.78 is 2.34. The van der Waals surface area contributed by atoms with E-state index < -0.39 is 0 Å². The standard InChI is InChI=1S/C19H15NOS/c1-12-13(2)19(21)22-18-17(12)15-10-6-7-11-16(15)20(18)14-8-4-3-5-9-14/h3-11H,1-2H3. The summed E-state index contributed by atoms with van der Waals surface area (Å²) in [5, 5.41) is 2.40. The summed E-state index contributed by atoms with van der Waals surface area (Å²) in [5.74, 6) is 0. The summed E-state index contributed by atoms with van der Waals surface area (Å²) in [4.78, 5) is 13.3. The van der Waals surface area contributed by atoms with Gasteiger partial charge < -0.3 is 4.57 Å². The molecule has 2 aromatic heterocycles. The quantitative estimate of drug-likeness (QED) is 0.494. The van der Waals surface area contributed by atoms with Crippen LogP contribution in [0.5, 0.6) is 0 Å². The van der Waals surface area contributed by atoms with Crippen molar-refractivity contribution in [2.75, 3.05) is 0 Å². The van der Waals surface area contributed by atoms with Crippen LogP contribution in [-0.4, -0.2) is 4.57 Å². The molecule has 0 atom stereocenters. The van der Waals surface area contributed by atoms with Crippen LogP contribution in [0.25, 0.3) is 26.8 Å². The van der Waals surface area contributed by atoms with Crippen molar-refractivity contribution in [3.05, 3.63) is 75.3 Å². The minimum atomic E-state index is 0.144. The fourth-order valence-corrected chi connectivity index (χ4v) is 4.16. The molecule has 0 fully saturated rings. The van der Waals surface area contributed by atoms with Gasteiger partial charge in [0.25, 0.3) is 0 Å². The summed E-state index contributed by atoms with van der Waals surface area (Å²) in [7, 11) is 0. The molecule has 2 nitrogen and oxygen atoms in total. The topological polar surface area (TPSA) is 22.0 Å². The first kappa shape index (κ1) is 13.3. The molecule has 3 heteroatoms. The van der Waals surface area contributed by atoms with Crippen molar-refractivity contribution in [3.8, 4) is 5.69 Å². The molecule has 0 unspecified atom stereocenters. The molecule has 0 bridgehead atoms. The lowest BCUT2D eigenvalue weighted by atomic mass is 10.1. The van der Waals surface area contributed by atoms with Gasteiger partial charge in [0.15, 0.2) is 0 Å². The molecule has 0 aliphatic rings. The zero-order chi connectivity index (χ0) is 15.3. The number of rotatable bonds is 1. The first-order valence-corrected chi connectivity index (χ1v) is 8.09. The van der Waals surface area contributed by atoms with Gasteiger partial charge in [0.2, 0.25) is 4.74 Å². The van der Waals surface area contributed by atoms with Crippen molar-refractivity contribution in [2.45, 2.75) is 13.8 Å². The van der Waals surface area contributed by atoms with Gasteiger partial charge in [-0.1, -0.05) is 47.7 Å². The van der Waals surface area contributed by atoms with Gasteiger partial charge in [0.1, 0.15) is 4.83 Å². The van der Waals surface area contributed by atoms with Gasteiger partial charge in [-0.2, -0.15) is 0 Å². The molecule has 0 spiro atoms. The number of aromatic nitrogens is 1. The maximum absolute atomic E-state index is 12.3. The summed E-state index contributed by atoms with van der Waals surface area (Å²) in [5.41, 5.74) is 4.18. The SMILES string of the molecule is Cc1c(C)c2c3ccccc3n(-c3ccccc3)c2sc1=O. The number of aryl methyl sites for hydroxylation is 1. The second-order valence-electron chi connectivity index (χ2n) is 5.51. The number of para-hydroxylation sites is 2. The van der Waals surface area contributed by atoms with Crippen molar-refractivity contribution < 1.29 is 0 Å². The predicted molar refractivity (Wildman–Crippen MR) is 94.4 cm³/mol. The van der Waals surface area contributed by atoms with Crippen molar-refractivity contribution in [3.63, 3.8) is 0 Å². The van der Waals surface area contributed by atoms with E-state index in [1.165, 1.54) is 22.1 Å². The van der Waals surface area contributed by atoms with E-state index in [1.54, 1.807) is 0 Å². The number of hydrogen-bond acceptors (Lipinski definition) is 2. The highest BCUT2D eigenvalue weighted by atomic mass is 32.1. The molecular formula is C19H15NOS. The average Bonchev–Trinajstić information content (AvgIpc) is 2.87. The first-order valence-electron chi connectivity index (χ1n) is 7.27. The van der Waals surface area contributed by atoms with Gasteiger partial charge >= 0.3 is 0 Å². The van der Waals surface area contributed by atoms with Crippen molar-refractivity contribution in [2.24, 2.45) is 0 Å². The Hall–Kier alpha value is -2.39. The van der Waals surface area contributed by atoms with Gasteiger partial charge in [-0.05, 0) is 37.6 Å². The smallest absolute Gasteiger partial charge is 0.237 e. The summed E-state index contributed by atoms with van der Waals surface area (Å²) in [6.07, 6.45) is 0. The van der Waals surface area contributed by atoms with Crippen LogP contribution < -0.4 is 4.74 Å². The molecule has 0 aliphatic heterocycles. The molecule has 0 aliphatic carbocycles. The minimum absolute atomic E-state index is 0.144. The van der Waals surface area contributed by atoms with Crippen molar-refractivity contribution >= 4 is 32.5 Å². The van der Waals surface area contributed by atoms with Gasteiger partial charge in [0, 0.05) is 22.0 Å². The largest absolute Gasteiger partial charge is 0.301 e. The lowest BCUT2D eigenvalue weighted by molar-refractivity contribution is 1.19. The first-order chi connectivity index (χ1) is 10.7. The van der Waals surface area contributed by atoms with Crippen molar-refractivity contribution in [1.82, 2.24) is 4.57 Å². The number of nitrogens with zero attached hydrogens (tertiary/aromatic N) is 1. The zero-order valence-electron chi connectivity index (χ0n) is 12.5. The third-order valence-electron chi connectivity index (χ3n) is 4.28. The molecule has 4 rings (SSSR count). The number of hydrogen-bond donors (Lipinski definition) is 0. The van der Waals surface area contributed by atoms with Crippen LogP contribution in [0.2, 0.25) is 0 Å². The lowest BCUT2D eigenvalue weighted by Crippen LogP contribution is -2.03. The third kappa shape index (κ3) is 1.76. The molecule has 0 N–H and O–H groups in total. The molecule has 0 amide bonds. The van der Waals surface area contributed by atoms with E-state index in [2.05, 4.69) is 34.9 Å². The third-order valence-corrected chi connectivity index (χ3v) is 5.35. The van der Waals surface area contributed by atoms with Crippen LogP contribution in [0.1, 0.15) is 11.1 Å². The van der Waals surface area contributed by atoms with Crippen molar-refractivity contribution in [1.29, 1.82) is 0 Å². The van der Waals surface area contributed by atoms with Gasteiger partial charge in [-0.3, -0.25) is 4.79 Å². The summed E-state index contributed by atoms with van der Waals surface area (Å²) in [6, 6.07) is 18.6. The van der Waals surface area contributed by atoms with Crippen LogP contribution in [0, 0.1) is 13.8 Å². The maximum Gasteiger partial charge on any atom is 0.237 e. The van der Waals surface area contributed by atoms with E-state index in [0.717, 1.165) is 27.2 Å². The second kappa shape index (κ2) is 4.82. The van der Waals surface area contributed by atoms with Crippen LogP contribution in [0.4, 0.5) is 0 Å². The Kier molecular flexibility index (Phi) is 2.91. The molecule has 108 valence electrons. The molecule has 2 heterocycles. The Morgan fingerprint density at radius 1 is 0.864 bits per heavy atom. The summed E-state index contributed by atoms with van der Waals surface area (Å²) in [6.45, 7) is 3.97. The molecular weight excluding hydrogens is 290 g/mol. The van der Waals surface area contributed by atoms with Gasteiger partial charge in [-0.15, -0.1) is 0 Å². The summed E-state index contributed by atoms with van der Waals surface area (Å²) >= 11 is 1.34. The molecule has 0 saturated heterocycles. The number of fused-ring (bicyclic) bond motifs is 3. The van der Waals surface area contributed by atoms with E-state index in [9.17, 15) is 4.79 Å². The maximum atomic E-state index is 12.3. The lowest BCUT2D eigenvalue weighted by Gasteiger charge is -2.07. The Balaban J connectivity index is 2.31. The van der Waals surface area contributed by atoms with Crippen LogP contribution in [-0.2, 0) is 0 Å². The highest BCUT2D eigenvalue weighted by molar-refractivity contribution is 7.16. The Labute approximate surface area is 132 Å². The fourth-order valence-electron chi connectivity index (χ4n) is 3.01. The van der Waals surface area contributed by atoms with Crippen LogP contribution >= 0.6 is 11.3 Å². The minimum Gasteiger partial charge on any atom is -0.301 e. The molecule has 0 radical (unpaired) electrons. The average molecular weight is 305 g/mol. The van der Waals surface area contributed by atoms with Gasteiger partial charge in [-0.25, -0.2) is 0 Å². The van der Waals surface area contributed by atoms with Crippen LogP contribution in [0.3, 0.4) is 0 Å². The van der Waals surface area contributed by atoms with E-state index in [-0.39, 0.29) is 4.74 Å². The molecule has 4 aromatic rings. The molecule has 22 heavy (non-hydrogen) atoms. The number of benzene rings is 2. The predicted octanol–water partition coefficient (Wildman–Crippen LogP) is 4.82. The van der Waals surface area contributed by atoms with E-state index in [4.69, 9.17) is 0 Å². The normalized spacial score (nSPS) is 11.4. The van der Waals surface area contributed by atoms with Gasteiger partial charge in [0.05, 0.1) is 5.52 Å². The van der Waals surface area contributed by atoms with E-state index >= 15 is 0 Å². The van der Waals surface area contributed by atoms with E-state index in [1.807, 2.05) is 38.1 Å². The molecule has 0 saturated carbocycles. The zero-order valence-corrected chi connectivity index (χ0v) is 13.3. The fraction of sp³-hybridized carbons (Fsp3) is 0.105. The Morgan fingerprint density at radius 2 is 1.55 bits per heavy atom. The van der Waals surface area contributed by atoms with E-state index in [0.29, 0.717) is 0 Å². The Morgan fingerprint density at radius 3 is 2.32 bits per heavy atom. The second-order valence-corrected chi connectivity index (χ2v) is 6.47. The monoisotopic (exact) mass is 305 g/mol. The Bertz CT molecular complexity index is 1060.